The highest BCUT2D eigenvalue weighted by atomic mass is 16.3. The first-order valence-corrected chi connectivity index (χ1v) is 8.30. The smallest absolute Gasteiger partial charge is 0.178 e. The Morgan fingerprint density at radius 1 is 1.41 bits per heavy atom. The number of allylic oxidation sites excluding steroid dienone is 5. The van der Waals surface area contributed by atoms with Crippen molar-refractivity contribution in [1.82, 2.24) is 0 Å². The minimum absolute atomic E-state index is 0.00505. The van der Waals surface area contributed by atoms with Crippen molar-refractivity contribution in [2.75, 3.05) is 0 Å². The fraction of sp³-hybridized carbons (Fsp3) is 0.650. The second kappa shape index (κ2) is 4.44. The van der Waals surface area contributed by atoms with Crippen molar-refractivity contribution in [2.24, 2.45) is 28.6 Å². The number of fused-ring (bicyclic) bond motifs is 5. The van der Waals surface area contributed by atoms with Crippen LogP contribution in [0.1, 0.15) is 50.0 Å². The molecule has 2 nitrogen and oxygen atoms in total. The third-order valence-electron chi connectivity index (χ3n) is 6.95. The van der Waals surface area contributed by atoms with Crippen LogP contribution in [0.15, 0.2) is 36.0 Å². The fourth-order valence-electron chi connectivity index (χ4n) is 5.61. The van der Waals surface area contributed by atoms with E-state index in [1.54, 1.807) is 12.2 Å². The summed E-state index contributed by atoms with van der Waals surface area (Å²) in [6.45, 7) is 8.27. The van der Waals surface area contributed by atoms with E-state index in [2.05, 4.69) is 13.5 Å². The lowest BCUT2D eigenvalue weighted by Gasteiger charge is -2.57. The van der Waals surface area contributed by atoms with Crippen molar-refractivity contribution < 1.29 is 14.0 Å². The summed E-state index contributed by atoms with van der Waals surface area (Å²) < 4.78 is 24.9. The molecule has 0 radical (unpaired) electrons. The molecule has 0 spiro atoms. The van der Waals surface area contributed by atoms with Gasteiger partial charge < -0.3 is 5.11 Å². The number of hydrogen-bond acceptors (Lipinski definition) is 2. The van der Waals surface area contributed by atoms with E-state index >= 15 is 0 Å². The minimum Gasteiger partial charge on any atom is -0.393 e. The van der Waals surface area contributed by atoms with Crippen LogP contribution in [0.25, 0.3) is 0 Å². The molecule has 118 valence electrons. The molecular weight excluding hydrogens is 272 g/mol. The van der Waals surface area contributed by atoms with E-state index in [9.17, 15) is 9.90 Å². The van der Waals surface area contributed by atoms with Crippen molar-refractivity contribution in [2.45, 2.75) is 52.0 Å². The number of ketones is 1. The van der Waals surface area contributed by atoms with Gasteiger partial charge in [0.2, 0.25) is 0 Å². The van der Waals surface area contributed by atoms with Gasteiger partial charge in [0.05, 0.1) is 7.45 Å². The van der Waals surface area contributed by atoms with Crippen LogP contribution in [0.4, 0.5) is 0 Å². The topological polar surface area (TPSA) is 37.3 Å². The lowest BCUT2D eigenvalue weighted by Crippen LogP contribution is -2.50. The molecular formula is C20H26O2. The van der Waals surface area contributed by atoms with E-state index in [1.807, 2.05) is 13.0 Å². The summed E-state index contributed by atoms with van der Waals surface area (Å²) in [4.78, 5) is 11.9. The Balaban J connectivity index is 1.79. The van der Waals surface area contributed by atoms with Gasteiger partial charge in [0.15, 0.2) is 5.78 Å². The summed E-state index contributed by atoms with van der Waals surface area (Å²) in [5.74, 6) is 0.424. The van der Waals surface area contributed by atoms with Crippen molar-refractivity contribution in [3.63, 3.8) is 0 Å². The second-order valence-electron chi connectivity index (χ2n) is 7.95. The van der Waals surface area contributed by atoms with Crippen LogP contribution in [0.5, 0.6) is 0 Å². The Labute approximate surface area is 137 Å². The first kappa shape index (κ1) is 11.4. The average Bonchev–Trinajstić information content (AvgIpc) is 2.66. The molecule has 4 aliphatic rings. The van der Waals surface area contributed by atoms with Crippen LogP contribution >= 0.6 is 0 Å². The zero-order valence-corrected chi connectivity index (χ0v) is 13.4. The molecule has 22 heavy (non-hydrogen) atoms. The van der Waals surface area contributed by atoms with E-state index in [-0.39, 0.29) is 35.4 Å². The van der Waals surface area contributed by atoms with Gasteiger partial charge in [-0.05, 0) is 73.0 Å². The fourth-order valence-corrected chi connectivity index (χ4v) is 5.61. The molecule has 0 unspecified atom stereocenters. The van der Waals surface area contributed by atoms with Crippen molar-refractivity contribution in [3.8, 4) is 0 Å². The van der Waals surface area contributed by atoms with E-state index in [4.69, 9.17) is 4.11 Å². The Morgan fingerprint density at radius 2 is 2.18 bits per heavy atom. The Hall–Kier alpha value is -1.15. The molecule has 0 bridgehead atoms. The predicted octanol–water partition coefficient (Wildman–Crippen LogP) is 3.82. The van der Waals surface area contributed by atoms with Crippen LogP contribution in [-0.2, 0) is 4.79 Å². The molecule has 4 aliphatic carbocycles. The second-order valence-corrected chi connectivity index (χ2v) is 7.95. The van der Waals surface area contributed by atoms with Crippen LogP contribution in [0, 0.1) is 28.6 Å². The van der Waals surface area contributed by atoms with E-state index in [1.165, 1.54) is 0 Å². The third kappa shape index (κ3) is 1.68. The summed E-state index contributed by atoms with van der Waals surface area (Å²) in [6.07, 6.45) is 3.79. The molecule has 0 aromatic carbocycles. The standard InChI is InChI=1S/C20H26O2/c1-12-10-14-15-4-5-18(22)20(15,3)9-7-16(14)19(2)8-6-13(21)11-17(12)19/h6,8,11,14-16,18,22H,1,4-5,7,9-10H2,2-3H3/t14-,15-,16-,18-,19+,20-/m0/s1/i5D2,18D. The van der Waals surface area contributed by atoms with Crippen molar-refractivity contribution >= 4 is 5.78 Å². The highest BCUT2D eigenvalue weighted by molar-refractivity contribution is 6.01. The number of aliphatic hydroxyl groups is 1. The maximum absolute atomic E-state index is 11.9. The summed E-state index contributed by atoms with van der Waals surface area (Å²) >= 11 is 0. The molecule has 4 rings (SSSR count). The van der Waals surface area contributed by atoms with E-state index in [0.29, 0.717) is 6.42 Å². The monoisotopic (exact) mass is 301 g/mol. The molecule has 3 fully saturated rings. The minimum atomic E-state index is -2.06. The summed E-state index contributed by atoms with van der Waals surface area (Å²) in [7, 11) is 0. The summed E-state index contributed by atoms with van der Waals surface area (Å²) in [5, 5.41) is 10.8. The Kier molecular flexibility index (Phi) is 2.30. The first-order valence-electron chi connectivity index (χ1n) is 9.80. The third-order valence-corrected chi connectivity index (χ3v) is 6.95. The lowest BCUT2D eigenvalue weighted by atomic mass is 9.47. The van der Waals surface area contributed by atoms with E-state index < -0.39 is 17.9 Å². The maximum Gasteiger partial charge on any atom is 0.178 e. The maximum atomic E-state index is 11.9. The molecule has 0 aromatic heterocycles. The molecule has 0 amide bonds. The van der Waals surface area contributed by atoms with Gasteiger partial charge in [-0.3, -0.25) is 4.79 Å². The lowest BCUT2D eigenvalue weighted by molar-refractivity contribution is -0.111. The SMILES string of the molecule is [2H]C1([2H])C[C@H]2[C@@H]3CC(=C)C4=CC(=O)C=C[C@]4(C)[C@H]3CC[C@]2(C)[C@@]1([2H])O. The van der Waals surface area contributed by atoms with Crippen LogP contribution < -0.4 is 0 Å². The van der Waals surface area contributed by atoms with Gasteiger partial charge in [0.1, 0.15) is 0 Å². The number of rotatable bonds is 0. The van der Waals surface area contributed by atoms with Crippen molar-refractivity contribution in [1.29, 1.82) is 0 Å². The molecule has 0 aromatic rings. The van der Waals surface area contributed by atoms with Gasteiger partial charge in [-0.15, -0.1) is 0 Å². The molecule has 0 saturated heterocycles. The highest BCUT2D eigenvalue weighted by Gasteiger charge is 2.58. The van der Waals surface area contributed by atoms with Gasteiger partial charge in [-0.25, -0.2) is 0 Å². The molecule has 1 N–H and O–H groups in total. The zero-order valence-electron chi connectivity index (χ0n) is 16.4. The molecule has 0 heterocycles. The highest BCUT2D eigenvalue weighted by Crippen LogP contribution is 2.65. The van der Waals surface area contributed by atoms with Crippen molar-refractivity contribution in [3.05, 3.63) is 36.0 Å². The van der Waals surface area contributed by atoms with Crippen LogP contribution in [-0.4, -0.2) is 17.0 Å². The molecule has 0 aliphatic heterocycles. The van der Waals surface area contributed by atoms with Gasteiger partial charge >= 0.3 is 0 Å². The Morgan fingerprint density at radius 3 is 2.95 bits per heavy atom. The van der Waals surface area contributed by atoms with E-state index in [0.717, 1.165) is 24.0 Å². The number of hydrogen-bond donors (Lipinski definition) is 1. The van der Waals surface area contributed by atoms with Gasteiger partial charge in [-0.1, -0.05) is 32.1 Å². The zero-order chi connectivity index (χ0) is 18.4. The van der Waals surface area contributed by atoms with Gasteiger partial charge in [-0.2, -0.15) is 0 Å². The number of carbonyl (C=O) groups excluding carboxylic acids is 1. The van der Waals surface area contributed by atoms with Crippen LogP contribution in [0.3, 0.4) is 0 Å². The van der Waals surface area contributed by atoms with Gasteiger partial charge in [0.25, 0.3) is 0 Å². The molecule has 3 saturated carbocycles. The Bertz CT molecular complexity index is 735. The van der Waals surface area contributed by atoms with Gasteiger partial charge in [0, 0.05) is 8.16 Å². The molecule has 2 heteroatoms. The van der Waals surface area contributed by atoms with Crippen LogP contribution in [0.2, 0.25) is 0 Å². The largest absolute Gasteiger partial charge is 0.393 e. The normalized spacial score (nSPS) is 57.9. The average molecular weight is 301 g/mol. The summed E-state index contributed by atoms with van der Waals surface area (Å²) in [6, 6.07) is 0. The summed E-state index contributed by atoms with van der Waals surface area (Å²) in [5.41, 5.74) is 0.965. The number of carbonyl (C=O) groups is 1. The quantitative estimate of drug-likeness (QED) is 0.738. The molecule has 6 atom stereocenters. The predicted molar refractivity (Wildman–Crippen MR) is 87.1 cm³/mol. The first-order chi connectivity index (χ1) is 11.4.